The molecule has 5 nitrogen and oxygen atoms in total. The number of carbonyl (C=O) groups is 1. The molecule has 0 N–H and O–H groups in total. The number of rotatable bonds is 19. The van der Waals surface area contributed by atoms with Crippen molar-refractivity contribution in [2.24, 2.45) is 5.92 Å². The van der Waals surface area contributed by atoms with E-state index in [1.807, 2.05) is 41.5 Å². The third-order valence-electron chi connectivity index (χ3n) is 4.88. The fraction of sp³-hybridized carbons (Fsp3) is 0.885. The minimum atomic E-state index is -1.10. The van der Waals surface area contributed by atoms with Gasteiger partial charge in [0, 0.05) is 11.5 Å². The van der Waals surface area contributed by atoms with Gasteiger partial charge in [0.15, 0.2) is 0 Å². The Morgan fingerprint density at radius 3 is 1.68 bits per heavy atom. The number of hydrogen-bond acceptors (Lipinski definition) is 5. The third kappa shape index (κ3) is 14.0. The molecule has 0 rings (SSSR count). The summed E-state index contributed by atoms with van der Waals surface area (Å²) in [4.78, 5) is 11.7. The summed E-state index contributed by atoms with van der Waals surface area (Å²) in [6.45, 7) is 20.0. The van der Waals surface area contributed by atoms with Crippen LogP contribution in [0.15, 0.2) is 12.2 Å². The summed E-state index contributed by atoms with van der Waals surface area (Å²) >= 11 is 0. The lowest BCUT2D eigenvalue weighted by Gasteiger charge is -2.43. The summed E-state index contributed by atoms with van der Waals surface area (Å²) < 4.78 is 24.4. The first kappa shape index (κ1) is 30.1. The van der Waals surface area contributed by atoms with E-state index in [-0.39, 0.29) is 30.2 Å². The Morgan fingerprint density at radius 2 is 1.23 bits per heavy atom. The number of hydrogen-bond donors (Lipinski definition) is 0. The Labute approximate surface area is 192 Å². The zero-order chi connectivity index (χ0) is 23.9. The highest BCUT2D eigenvalue weighted by atomic mass is 16.9. The quantitative estimate of drug-likeness (QED) is 0.0917. The fourth-order valence-electron chi connectivity index (χ4n) is 3.64. The zero-order valence-electron chi connectivity index (χ0n) is 21.6. The van der Waals surface area contributed by atoms with E-state index in [1.54, 1.807) is 6.92 Å². The van der Waals surface area contributed by atoms with Gasteiger partial charge < -0.3 is 18.9 Å². The molecule has 1 atom stereocenters. The summed E-state index contributed by atoms with van der Waals surface area (Å²) in [5.74, 6) is -1.39. The average molecular weight is 443 g/mol. The van der Waals surface area contributed by atoms with Crippen molar-refractivity contribution >= 4 is 5.97 Å². The summed E-state index contributed by atoms with van der Waals surface area (Å²) in [6.07, 6.45) is 9.76. The van der Waals surface area contributed by atoms with Crippen LogP contribution in [-0.4, -0.2) is 36.9 Å². The van der Waals surface area contributed by atoms with Crippen molar-refractivity contribution in [2.75, 3.05) is 6.61 Å². The summed E-state index contributed by atoms with van der Waals surface area (Å²) in [6, 6.07) is 0. The summed E-state index contributed by atoms with van der Waals surface area (Å²) in [5, 5.41) is 0. The van der Waals surface area contributed by atoms with Gasteiger partial charge in [0.1, 0.15) is 0 Å². The molecule has 0 aliphatic rings. The molecule has 0 aromatic carbocycles. The van der Waals surface area contributed by atoms with E-state index in [4.69, 9.17) is 18.9 Å². The largest absolute Gasteiger partial charge is 0.462 e. The van der Waals surface area contributed by atoms with Gasteiger partial charge in [-0.3, -0.25) is 0 Å². The number of unbranched alkanes of at least 4 members (excludes halogenated alkanes) is 5. The predicted molar refractivity (Wildman–Crippen MR) is 128 cm³/mol. The summed E-state index contributed by atoms with van der Waals surface area (Å²) in [5.41, 5.74) is 0.424. The lowest BCUT2D eigenvalue weighted by molar-refractivity contribution is -0.433. The molecule has 0 fully saturated rings. The fourth-order valence-corrected chi connectivity index (χ4v) is 3.64. The zero-order valence-corrected chi connectivity index (χ0v) is 21.6. The predicted octanol–water partition coefficient (Wildman–Crippen LogP) is 7.18. The van der Waals surface area contributed by atoms with Crippen LogP contribution in [-0.2, 0) is 23.7 Å². The Kier molecular flexibility index (Phi) is 16.2. The third-order valence-corrected chi connectivity index (χ3v) is 4.88. The maximum Gasteiger partial charge on any atom is 0.333 e. The monoisotopic (exact) mass is 442 g/mol. The van der Waals surface area contributed by atoms with Crippen LogP contribution in [0.2, 0.25) is 0 Å². The molecule has 0 heterocycles. The van der Waals surface area contributed by atoms with Crippen molar-refractivity contribution in [3.63, 3.8) is 0 Å². The molecule has 0 aliphatic carbocycles. The van der Waals surface area contributed by atoms with Gasteiger partial charge in [-0.15, -0.1) is 0 Å². The first-order valence-electron chi connectivity index (χ1n) is 12.4. The van der Waals surface area contributed by atoms with Gasteiger partial charge in [-0.05, 0) is 67.7 Å². The van der Waals surface area contributed by atoms with Gasteiger partial charge in [-0.2, -0.15) is 0 Å². The molecule has 0 amide bonds. The van der Waals surface area contributed by atoms with E-state index in [1.165, 1.54) is 32.1 Å². The minimum absolute atomic E-state index is 0.0363. The van der Waals surface area contributed by atoms with Crippen molar-refractivity contribution in [3.05, 3.63) is 12.2 Å². The van der Waals surface area contributed by atoms with E-state index in [9.17, 15) is 4.79 Å². The van der Waals surface area contributed by atoms with Crippen LogP contribution >= 0.6 is 0 Å². The van der Waals surface area contributed by atoms with Crippen LogP contribution in [0, 0.1) is 5.92 Å². The van der Waals surface area contributed by atoms with Crippen LogP contribution in [0.4, 0.5) is 0 Å². The molecule has 0 aromatic rings. The molecule has 0 saturated heterocycles. The molecular formula is C26H50O5. The smallest absolute Gasteiger partial charge is 0.333 e. The maximum atomic E-state index is 11.7. The number of esters is 1. The second-order valence-corrected chi connectivity index (χ2v) is 9.42. The van der Waals surface area contributed by atoms with Gasteiger partial charge in [0.2, 0.25) is 0 Å². The van der Waals surface area contributed by atoms with Crippen LogP contribution in [0.25, 0.3) is 0 Å². The lowest BCUT2D eigenvalue weighted by Crippen LogP contribution is -2.51. The first-order valence-corrected chi connectivity index (χ1v) is 12.4. The van der Waals surface area contributed by atoms with Crippen molar-refractivity contribution < 1.29 is 23.7 Å². The Balaban J connectivity index is 5.36. The Bertz CT molecular complexity index is 458. The number of ether oxygens (including phenoxy) is 4. The SMILES string of the molecule is C=C(C)C(=O)OCCCC(CCCCCCCC)C(OC(C)C)(OC(C)C)OC(C)C. The molecular weight excluding hydrogens is 392 g/mol. The Morgan fingerprint density at radius 1 is 0.774 bits per heavy atom. The van der Waals surface area contributed by atoms with Gasteiger partial charge >= 0.3 is 5.97 Å². The van der Waals surface area contributed by atoms with Crippen LogP contribution in [0.3, 0.4) is 0 Å². The molecule has 1 unspecified atom stereocenters. The highest BCUT2D eigenvalue weighted by Crippen LogP contribution is 2.37. The first-order chi connectivity index (χ1) is 14.5. The van der Waals surface area contributed by atoms with Crippen molar-refractivity contribution in [2.45, 2.75) is 137 Å². The molecule has 0 saturated carbocycles. The van der Waals surface area contributed by atoms with Crippen LogP contribution in [0.1, 0.15) is 113 Å². The van der Waals surface area contributed by atoms with Crippen LogP contribution < -0.4 is 0 Å². The molecule has 0 radical (unpaired) electrons. The van der Waals surface area contributed by atoms with Crippen LogP contribution in [0.5, 0.6) is 0 Å². The van der Waals surface area contributed by atoms with E-state index in [0.29, 0.717) is 12.2 Å². The van der Waals surface area contributed by atoms with E-state index in [2.05, 4.69) is 13.5 Å². The van der Waals surface area contributed by atoms with Gasteiger partial charge in [0.05, 0.1) is 24.9 Å². The minimum Gasteiger partial charge on any atom is -0.462 e. The molecule has 0 aromatic heterocycles. The van der Waals surface area contributed by atoms with Gasteiger partial charge in [-0.1, -0.05) is 52.0 Å². The topological polar surface area (TPSA) is 54.0 Å². The molecule has 184 valence electrons. The van der Waals surface area contributed by atoms with E-state index >= 15 is 0 Å². The van der Waals surface area contributed by atoms with Gasteiger partial charge in [0.25, 0.3) is 5.97 Å². The molecule has 0 spiro atoms. The highest BCUT2D eigenvalue weighted by molar-refractivity contribution is 5.86. The number of carbonyl (C=O) groups excluding carboxylic acids is 1. The standard InChI is InChI=1S/C26H50O5/c1-10-11-12-13-14-15-17-24(18-16-19-28-25(27)20(2)3)26(29-21(4)5,30-22(6)7)31-23(8)9/h21-24H,2,10-19H2,1,3-9H3. The molecule has 5 heteroatoms. The van der Waals surface area contributed by atoms with Gasteiger partial charge in [-0.25, -0.2) is 4.79 Å². The highest BCUT2D eigenvalue weighted by Gasteiger charge is 2.44. The molecule has 31 heavy (non-hydrogen) atoms. The maximum absolute atomic E-state index is 11.7. The second-order valence-electron chi connectivity index (χ2n) is 9.42. The normalized spacial score (nSPS) is 13.3. The van der Waals surface area contributed by atoms with Crippen molar-refractivity contribution in [1.29, 1.82) is 0 Å². The average Bonchev–Trinajstić information content (AvgIpc) is 2.63. The summed E-state index contributed by atoms with van der Waals surface area (Å²) in [7, 11) is 0. The van der Waals surface area contributed by atoms with Crippen molar-refractivity contribution in [3.8, 4) is 0 Å². The molecule has 0 bridgehead atoms. The van der Waals surface area contributed by atoms with E-state index < -0.39 is 5.97 Å². The van der Waals surface area contributed by atoms with E-state index in [0.717, 1.165) is 25.7 Å². The molecule has 0 aliphatic heterocycles. The second kappa shape index (κ2) is 16.7. The van der Waals surface area contributed by atoms with Crippen molar-refractivity contribution in [1.82, 2.24) is 0 Å². The Hall–Kier alpha value is -0.910. The lowest BCUT2D eigenvalue weighted by atomic mass is 9.92.